The van der Waals surface area contributed by atoms with Crippen molar-refractivity contribution in [3.05, 3.63) is 61.8 Å². The Labute approximate surface area is 120 Å². The lowest BCUT2D eigenvalue weighted by molar-refractivity contribution is -0.385. The molecule has 1 heterocycles. The number of benzene rings is 1. The third-order valence-electron chi connectivity index (χ3n) is 2.96. The molecule has 6 heteroatoms. The average molecular weight is 290 g/mol. The first-order valence-corrected chi connectivity index (χ1v) is 6.90. The second-order valence-corrected chi connectivity index (χ2v) is 5.53. The highest BCUT2D eigenvalue weighted by molar-refractivity contribution is 7.09. The molecule has 0 unspecified atom stereocenters. The van der Waals surface area contributed by atoms with E-state index in [1.54, 1.807) is 36.3 Å². The average Bonchev–Trinajstić information content (AvgIpc) is 2.90. The fourth-order valence-corrected chi connectivity index (χ4v) is 2.68. The van der Waals surface area contributed by atoms with Gasteiger partial charge in [-0.15, -0.1) is 11.3 Å². The van der Waals surface area contributed by atoms with Gasteiger partial charge >= 0.3 is 0 Å². The van der Waals surface area contributed by atoms with E-state index in [1.165, 1.54) is 12.1 Å². The van der Waals surface area contributed by atoms with E-state index in [1.807, 2.05) is 17.5 Å². The molecule has 2 aromatic rings. The molecule has 1 amide bonds. The van der Waals surface area contributed by atoms with E-state index >= 15 is 0 Å². The summed E-state index contributed by atoms with van der Waals surface area (Å²) >= 11 is 1.59. The molecule has 0 aliphatic carbocycles. The Morgan fingerprint density at radius 3 is 2.70 bits per heavy atom. The fraction of sp³-hybridized carbons (Fsp3) is 0.214. The second-order valence-electron chi connectivity index (χ2n) is 4.50. The SMILES string of the molecule is Cc1cc(C(=O)N(C)Cc2cccs2)ccc1[N+](=O)[O-]. The number of thiophene rings is 1. The Hall–Kier alpha value is -2.21. The molecule has 1 aromatic heterocycles. The molecule has 0 atom stereocenters. The smallest absolute Gasteiger partial charge is 0.272 e. The Kier molecular flexibility index (Phi) is 4.14. The van der Waals surface area contributed by atoms with Gasteiger partial charge in [-0.3, -0.25) is 14.9 Å². The molecule has 0 radical (unpaired) electrons. The van der Waals surface area contributed by atoms with Crippen molar-refractivity contribution in [2.24, 2.45) is 0 Å². The number of rotatable bonds is 4. The standard InChI is InChI=1S/C14H14N2O3S/c1-10-8-11(5-6-13(10)16(18)19)14(17)15(2)9-12-4-3-7-20-12/h3-8H,9H2,1-2H3. The maximum Gasteiger partial charge on any atom is 0.272 e. The highest BCUT2D eigenvalue weighted by Gasteiger charge is 2.16. The second kappa shape index (κ2) is 5.83. The first-order chi connectivity index (χ1) is 9.49. The van der Waals surface area contributed by atoms with E-state index in [9.17, 15) is 14.9 Å². The van der Waals surface area contributed by atoms with Gasteiger partial charge < -0.3 is 4.90 Å². The van der Waals surface area contributed by atoms with Crippen molar-refractivity contribution < 1.29 is 9.72 Å². The van der Waals surface area contributed by atoms with Gasteiger partial charge in [-0.05, 0) is 30.5 Å². The molecule has 5 nitrogen and oxygen atoms in total. The highest BCUT2D eigenvalue weighted by atomic mass is 32.1. The van der Waals surface area contributed by atoms with Crippen LogP contribution in [0.2, 0.25) is 0 Å². The summed E-state index contributed by atoms with van der Waals surface area (Å²) in [5.41, 5.74) is 0.986. The molecule has 0 N–H and O–H groups in total. The first kappa shape index (κ1) is 14.2. The first-order valence-electron chi connectivity index (χ1n) is 6.02. The third-order valence-corrected chi connectivity index (χ3v) is 3.82. The normalized spacial score (nSPS) is 10.3. The fourth-order valence-electron chi connectivity index (χ4n) is 1.92. The van der Waals surface area contributed by atoms with Crippen LogP contribution in [0.4, 0.5) is 5.69 Å². The summed E-state index contributed by atoms with van der Waals surface area (Å²) in [6.45, 7) is 2.17. The molecule has 0 bridgehead atoms. The van der Waals surface area contributed by atoms with Gasteiger partial charge in [-0.25, -0.2) is 0 Å². The zero-order valence-electron chi connectivity index (χ0n) is 11.2. The van der Waals surface area contributed by atoms with Gasteiger partial charge in [0.05, 0.1) is 11.5 Å². The van der Waals surface area contributed by atoms with Crippen molar-refractivity contribution in [3.8, 4) is 0 Å². The lowest BCUT2D eigenvalue weighted by Gasteiger charge is -2.16. The summed E-state index contributed by atoms with van der Waals surface area (Å²) in [4.78, 5) is 25.3. The van der Waals surface area contributed by atoms with E-state index in [0.717, 1.165) is 4.88 Å². The number of hydrogen-bond donors (Lipinski definition) is 0. The largest absolute Gasteiger partial charge is 0.337 e. The number of carbonyl (C=O) groups excluding carboxylic acids is 1. The van der Waals surface area contributed by atoms with Crippen LogP contribution >= 0.6 is 11.3 Å². The Morgan fingerprint density at radius 2 is 2.15 bits per heavy atom. The van der Waals surface area contributed by atoms with Crippen molar-refractivity contribution in [3.63, 3.8) is 0 Å². The lowest BCUT2D eigenvalue weighted by atomic mass is 10.1. The highest BCUT2D eigenvalue weighted by Crippen LogP contribution is 2.20. The summed E-state index contributed by atoms with van der Waals surface area (Å²) in [6.07, 6.45) is 0. The van der Waals surface area contributed by atoms with Crippen LogP contribution in [-0.4, -0.2) is 22.8 Å². The number of aryl methyl sites for hydroxylation is 1. The van der Waals surface area contributed by atoms with Crippen LogP contribution in [0.25, 0.3) is 0 Å². The predicted octanol–water partition coefficient (Wildman–Crippen LogP) is 3.24. The number of nitrogens with zero attached hydrogens (tertiary/aromatic N) is 2. The van der Waals surface area contributed by atoms with Gasteiger partial charge in [-0.1, -0.05) is 6.07 Å². The zero-order chi connectivity index (χ0) is 14.7. The molecule has 0 fully saturated rings. The number of carbonyl (C=O) groups is 1. The number of nitro groups is 1. The lowest BCUT2D eigenvalue weighted by Crippen LogP contribution is -2.25. The van der Waals surface area contributed by atoms with Gasteiger partial charge in [0.25, 0.3) is 11.6 Å². The molecule has 0 spiro atoms. The number of nitro benzene ring substituents is 1. The third kappa shape index (κ3) is 3.03. The Balaban J connectivity index is 2.16. The minimum absolute atomic E-state index is 0.0301. The van der Waals surface area contributed by atoms with Crippen LogP contribution in [0.1, 0.15) is 20.8 Å². The van der Waals surface area contributed by atoms with Crippen LogP contribution in [0.3, 0.4) is 0 Å². The predicted molar refractivity (Wildman–Crippen MR) is 77.9 cm³/mol. The molecule has 0 saturated heterocycles. The summed E-state index contributed by atoms with van der Waals surface area (Å²) in [6, 6.07) is 8.34. The van der Waals surface area contributed by atoms with E-state index in [0.29, 0.717) is 17.7 Å². The van der Waals surface area contributed by atoms with Crippen LogP contribution in [0.5, 0.6) is 0 Å². The summed E-state index contributed by atoms with van der Waals surface area (Å²) in [7, 11) is 1.72. The van der Waals surface area contributed by atoms with Crippen LogP contribution in [-0.2, 0) is 6.54 Å². The number of amides is 1. The van der Waals surface area contributed by atoms with E-state index in [-0.39, 0.29) is 11.6 Å². The monoisotopic (exact) mass is 290 g/mol. The van der Waals surface area contributed by atoms with Crippen LogP contribution in [0.15, 0.2) is 35.7 Å². The Morgan fingerprint density at radius 1 is 1.40 bits per heavy atom. The van der Waals surface area contributed by atoms with Crippen molar-refractivity contribution in [1.29, 1.82) is 0 Å². The zero-order valence-corrected chi connectivity index (χ0v) is 12.0. The van der Waals surface area contributed by atoms with Gasteiger partial charge in [0.2, 0.25) is 0 Å². The van der Waals surface area contributed by atoms with E-state index in [2.05, 4.69) is 0 Å². The molecule has 0 saturated carbocycles. The molecular formula is C14H14N2O3S. The van der Waals surface area contributed by atoms with E-state index in [4.69, 9.17) is 0 Å². The summed E-state index contributed by atoms with van der Waals surface area (Å²) < 4.78 is 0. The van der Waals surface area contributed by atoms with Crippen molar-refractivity contribution in [2.45, 2.75) is 13.5 Å². The van der Waals surface area contributed by atoms with Crippen molar-refractivity contribution in [1.82, 2.24) is 4.90 Å². The van der Waals surface area contributed by atoms with Crippen LogP contribution in [0, 0.1) is 17.0 Å². The van der Waals surface area contributed by atoms with Gasteiger partial charge in [0.15, 0.2) is 0 Å². The Bertz CT molecular complexity index is 638. The molecular weight excluding hydrogens is 276 g/mol. The van der Waals surface area contributed by atoms with Gasteiger partial charge in [-0.2, -0.15) is 0 Å². The van der Waals surface area contributed by atoms with Crippen molar-refractivity contribution in [2.75, 3.05) is 7.05 Å². The van der Waals surface area contributed by atoms with Gasteiger partial charge in [0, 0.05) is 29.1 Å². The minimum atomic E-state index is -0.445. The summed E-state index contributed by atoms with van der Waals surface area (Å²) in [5.74, 6) is -0.142. The molecule has 0 aliphatic heterocycles. The molecule has 20 heavy (non-hydrogen) atoms. The maximum atomic E-state index is 12.3. The van der Waals surface area contributed by atoms with Crippen LogP contribution < -0.4 is 0 Å². The molecule has 104 valence electrons. The minimum Gasteiger partial charge on any atom is -0.337 e. The molecule has 2 rings (SSSR count). The molecule has 1 aromatic carbocycles. The van der Waals surface area contributed by atoms with Crippen molar-refractivity contribution >= 4 is 22.9 Å². The molecule has 0 aliphatic rings. The number of hydrogen-bond acceptors (Lipinski definition) is 4. The van der Waals surface area contributed by atoms with Gasteiger partial charge in [0.1, 0.15) is 0 Å². The summed E-state index contributed by atoms with van der Waals surface area (Å²) in [5, 5.41) is 12.7. The maximum absolute atomic E-state index is 12.3. The topological polar surface area (TPSA) is 63.5 Å². The van der Waals surface area contributed by atoms with E-state index < -0.39 is 4.92 Å². The quantitative estimate of drug-likeness (QED) is 0.641.